The molecule has 0 saturated heterocycles. The Kier molecular flexibility index (Phi) is 10.4. The Morgan fingerprint density at radius 3 is 1.62 bits per heavy atom. The lowest BCUT2D eigenvalue weighted by Gasteiger charge is -2.30. The fourth-order valence-electron chi connectivity index (χ4n) is 2.41. The summed E-state index contributed by atoms with van der Waals surface area (Å²) < 4.78 is 5.59. The average Bonchev–Trinajstić information content (AvgIpc) is 2.52. The van der Waals surface area contributed by atoms with Crippen molar-refractivity contribution in [2.24, 2.45) is 5.41 Å². The van der Waals surface area contributed by atoms with Gasteiger partial charge < -0.3 is 4.74 Å². The summed E-state index contributed by atoms with van der Waals surface area (Å²) in [4.78, 5) is 35.2. The van der Waals surface area contributed by atoms with E-state index in [1.165, 1.54) is 13.8 Å². The van der Waals surface area contributed by atoms with Gasteiger partial charge in [-0.15, -0.1) is 0 Å². The summed E-state index contributed by atoms with van der Waals surface area (Å²) in [5.74, 6) is -1.31. The zero-order valence-corrected chi connectivity index (χ0v) is 18.2. The van der Waals surface area contributed by atoms with Gasteiger partial charge in [-0.25, -0.2) is 4.79 Å². The van der Waals surface area contributed by atoms with Crippen LogP contribution >= 0.6 is 0 Å². The maximum atomic E-state index is 12.5. The Morgan fingerprint density at radius 1 is 0.692 bits per heavy atom. The predicted molar refractivity (Wildman–Crippen MR) is 103 cm³/mol. The number of unbranched alkanes of at least 4 members (excludes halogenated alkanes) is 4. The predicted octanol–water partition coefficient (Wildman–Crippen LogP) is 5.75. The molecule has 0 N–H and O–H groups in total. The van der Waals surface area contributed by atoms with Crippen LogP contribution in [0.3, 0.4) is 0 Å². The third kappa shape index (κ3) is 9.56. The highest BCUT2D eigenvalue weighted by atomic mass is 17.2. The zero-order chi connectivity index (χ0) is 20.4. The Balaban J connectivity index is 4.62. The summed E-state index contributed by atoms with van der Waals surface area (Å²) in [5, 5.41) is 0. The molecule has 5 heteroatoms. The quantitative estimate of drug-likeness (QED) is 0.135. The fourth-order valence-corrected chi connectivity index (χ4v) is 2.41. The molecule has 26 heavy (non-hydrogen) atoms. The summed E-state index contributed by atoms with van der Waals surface area (Å²) in [7, 11) is 0. The molecule has 5 nitrogen and oxygen atoms in total. The van der Waals surface area contributed by atoms with Crippen LogP contribution in [0.5, 0.6) is 0 Å². The SMILES string of the molecule is CCCCCC(C)(C)OOC(=O)C(C)(C)C(=O)OC(C)(C)CCCCC. The summed E-state index contributed by atoms with van der Waals surface area (Å²) in [6, 6.07) is 0. The van der Waals surface area contributed by atoms with Crippen LogP contribution in [-0.2, 0) is 24.1 Å². The molecule has 0 aliphatic carbocycles. The molecule has 0 spiro atoms. The Hall–Kier alpha value is -1.10. The molecule has 0 rings (SSSR count). The highest BCUT2D eigenvalue weighted by Gasteiger charge is 2.43. The van der Waals surface area contributed by atoms with Gasteiger partial charge in [-0.3, -0.25) is 9.68 Å². The van der Waals surface area contributed by atoms with Gasteiger partial charge in [0.25, 0.3) is 0 Å². The molecule has 0 aromatic heterocycles. The number of carbonyl (C=O) groups excluding carboxylic acids is 2. The minimum atomic E-state index is -1.42. The van der Waals surface area contributed by atoms with Crippen molar-refractivity contribution in [3.05, 3.63) is 0 Å². The molecule has 0 amide bonds. The van der Waals surface area contributed by atoms with Gasteiger partial charge in [0, 0.05) is 0 Å². The second kappa shape index (κ2) is 10.9. The number of rotatable bonds is 13. The Labute approximate surface area is 160 Å². The van der Waals surface area contributed by atoms with E-state index in [4.69, 9.17) is 14.5 Å². The van der Waals surface area contributed by atoms with Gasteiger partial charge in [0.15, 0.2) is 5.41 Å². The van der Waals surface area contributed by atoms with Crippen LogP contribution in [0.1, 0.15) is 107 Å². The lowest BCUT2D eigenvalue weighted by atomic mass is 9.93. The molecule has 0 bridgehead atoms. The van der Waals surface area contributed by atoms with Gasteiger partial charge in [0.1, 0.15) is 11.2 Å². The van der Waals surface area contributed by atoms with Crippen LogP contribution in [-0.4, -0.2) is 23.1 Å². The minimum Gasteiger partial charge on any atom is -0.459 e. The fraction of sp³-hybridized carbons (Fsp3) is 0.905. The van der Waals surface area contributed by atoms with Gasteiger partial charge in [-0.05, 0) is 60.8 Å². The lowest BCUT2D eigenvalue weighted by Crippen LogP contribution is -2.42. The first-order chi connectivity index (χ1) is 11.9. The Morgan fingerprint density at radius 2 is 1.15 bits per heavy atom. The van der Waals surface area contributed by atoms with Gasteiger partial charge in [0.2, 0.25) is 0 Å². The standard InChI is InChI=1S/C21H40O5/c1-9-11-13-15-19(3,4)24-17(22)21(7,8)18(23)25-26-20(5,6)16-14-12-10-2/h9-16H2,1-8H3. The van der Waals surface area contributed by atoms with Crippen molar-refractivity contribution in [2.45, 2.75) is 118 Å². The van der Waals surface area contributed by atoms with Crippen LogP contribution in [0.15, 0.2) is 0 Å². The molecule has 0 aromatic carbocycles. The molecule has 0 aliphatic heterocycles. The normalized spacial score (nSPS) is 12.8. The molecular formula is C21H40O5. The van der Waals surface area contributed by atoms with Crippen LogP contribution in [0.25, 0.3) is 0 Å². The monoisotopic (exact) mass is 372 g/mol. The summed E-state index contributed by atoms with van der Waals surface area (Å²) in [5.41, 5.74) is -2.60. The third-order valence-electron chi connectivity index (χ3n) is 4.50. The van der Waals surface area contributed by atoms with Crippen LogP contribution in [0.2, 0.25) is 0 Å². The lowest BCUT2D eigenvalue weighted by molar-refractivity contribution is -0.331. The van der Waals surface area contributed by atoms with Crippen molar-refractivity contribution in [1.29, 1.82) is 0 Å². The van der Waals surface area contributed by atoms with Gasteiger partial charge in [-0.1, -0.05) is 46.0 Å². The van der Waals surface area contributed by atoms with Crippen molar-refractivity contribution in [3.63, 3.8) is 0 Å². The van der Waals surface area contributed by atoms with E-state index in [-0.39, 0.29) is 0 Å². The second-order valence-electron chi connectivity index (χ2n) is 8.90. The Bertz CT molecular complexity index is 438. The van der Waals surface area contributed by atoms with Crippen molar-refractivity contribution >= 4 is 11.9 Å². The molecule has 0 saturated carbocycles. The van der Waals surface area contributed by atoms with Crippen molar-refractivity contribution in [3.8, 4) is 0 Å². The van der Waals surface area contributed by atoms with Gasteiger partial charge in [0.05, 0.1) is 0 Å². The molecule has 0 radical (unpaired) electrons. The van der Waals surface area contributed by atoms with E-state index in [0.717, 1.165) is 51.4 Å². The van der Waals surface area contributed by atoms with E-state index in [2.05, 4.69) is 13.8 Å². The van der Waals surface area contributed by atoms with E-state index >= 15 is 0 Å². The van der Waals surface area contributed by atoms with Crippen molar-refractivity contribution < 1.29 is 24.1 Å². The molecule has 0 aromatic rings. The van der Waals surface area contributed by atoms with E-state index in [1.807, 2.05) is 27.7 Å². The maximum Gasteiger partial charge on any atom is 0.359 e. The van der Waals surface area contributed by atoms with Crippen molar-refractivity contribution in [2.75, 3.05) is 0 Å². The van der Waals surface area contributed by atoms with Crippen LogP contribution in [0, 0.1) is 5.41 Å². The number of carbonyl (C=O) groups is 2. The molecule has 0 atom stereocenters. The molecular weight excluding hydrogens is 332 g/mol. The second-order valence-corrected chi connectivity index (χ2v) is 8.90. The third-order valence-corrected chi connectivity index (χ3v) is 4.50. The molecule has 154 valence electrons. The first-order valence-electron chi connectivity index (χ1n) is 10.0. The first-order valence-corrected chi connectivity index (χ1v) is 10.0. The zero-order valence-electron chi connectivity index (χ0n) is 18.2. The van der Waals surface area contributed by atoms with Gasteiger partial charge >= 0.3 is 11.9 Å². The maximum absolute atomic E-state index is 12.5. The average molecular weight is 373 g/mol. The summed E-state index contributed by atoms with van der Waals surface area (Å²) in [6.45, 7) is 14.8. The number of hydrogen-bond donors (Lipinski definition) is 0. The largest absolute Gasteiger partial charge is 0.459 e. The van der Waals surface area contributed by atoms with E-state index in [9.17, 15) is 9.59 Å². The number of ether oxygens (including phenoxy) is 1. The molecule has 0 aliphatic rings. The summed E-state index contributed by atoms with van der Waals surface area (Å²) in [6.07, 6.45) is 7.94. The van der Waals surface area contributed by atoms with Crippen molar-refractivity contribution in [1.82, 2.24) is 0 Å². The van der Waals surface area contributed by atoms with E-state index < -0.39 is 28.6 Å². The van der Waals surface area contributed by atoms with E-state index in [0.29, 0.717) is 0 Å². The highest BCUT2D eigenvalue weighted by molar-refractivity contribution is 5.99. The topological polar surface area (TPSA) is 61.8 Å². The summed E-state index contributed by atoms with van der Waals surface area (Å²) >= 11 is 0. The highest BCUT2D eigenvalue weighted by Crippen LogP contribution is 2.28. The van der Waals surface area contributed by atoms with Crippen LogP contribution in [0.4, 0.5) is 0 Å². The number of esters is 1. The minimum absolute atomic E-state index is 0.579. The molecule has 0 unspecified atom stereocenters. The number of hydrogen-bond acceptors (Lipinski definition) is 5. The smallest absolute Gasteiger partial charge is 0.359 e. The van der Waals surface area contributed by atoms with Crippen LogP contribution < -0.4 is 0 Å². The molecule has 0 fully saturated rings. The molecule has 0 heterocycles. The van der Waals surface area contributed by atoms with E-state index in [1.54, 1.807) is 0 Å². The first kappa shape index (κ1) is 24.9. The van der Waals surface area contributed by atoms with Gasteiger partial charge in [-0.2, -0.15) is 4.89 Å².